The smallest absolute Gasteiger partial charge is 0.254 e. The van der Waals surface area contributed by atoms with Gasteiger partial charge in [0, 0.05) is 16.6 Å². The zero-order valence-corrected chi connectivity index (χ0v) is 14.3. The molecular formula is C17H17Cl2FN2O. The molecule has 0 spiro atoms. The quantitative estimate of drug-likeness (QED) is 0.873. The Balaban J connectivity index is 2.15. The van der Waals surface area contributed by atoms with Crippen molar-refractivity contribution in [2.24, 2.45) is 0 Å². The van der Waals surface area contributed by atoms with Gasteiger partial charge in [-0.2, -0.15) is 0 Å². The molecule has 2 aromatic rings. The molecule has 0 aliphatic heterocycles. The highest BCUT2D eigenvalue weighted by Crippen LogP contribution is 2.25. The SMILES string of the molecule is CN(C)[C@@H](CNC(=O)c1cc(Cl)ccc1F)c1ccccc1Cl. The minimum Gasteiger partial charge on any atom is -0.350 e. The lowest BCUT2D eigenvalue weighted by atomic mass is 10.1. The van der Waals surface area contributed by atoms with Crippen molar-refractivity contribution in [3.05, 3.63) is 69.5 Å². The van der Waals surface area contributed by atoms with Gasteiger partial charge in [-0.15, -0.1) is 0 Å². The van der Waals surface area contributed by atoms with Crippen molar-refractivity contribution >= 4 is 29.1 Å². The van der Waals surface area contributed by atoms with E-state index in [-0.39, 0.29) is 11.6 Å². The Kier molecular flexibility index (Phi) is 5.99. The molecule has 6 heteroatoms. The molecule has 0 aliphatic carbocycles. The van der Waals surface area contributed by atoms with Gasteiger partial charge in [-0.25, -0.2) is 4.39 Å². The molecule has 0 bridgehead atoms. The number of amides is 1. The van der Waals surface area contributed by atoms with E-state index < -0.39 is 11.7 Å². The van der Waals surface area contributed by atoms with E-state index in [9.17, 15) is 9.18 Å². The second kappa shape index (κ2) is 7.77. The molecule has 0 saturated heterocycles. The summed E-state index contributed by atoms with van der Waals surface area (Å²) < 4.78 is 13.7. The maximum atomic E-state index is 13.7. The summed E-state index contributed by atoms with van der Waals surface area (Å²) in [6.07, 6.45) is 0. The van der Waals surface area contributed by atoms with Crippen LogP contribution in [0.5, 0.6) is 0 Å². The van der Waals surface area contributed by atoms with E-state index in [1.165, 1.54) is 18.2 Å². The van der Waals surface area contributed by atoms with Gasteiger partial charge in [0.15, 0.2) is 0 Å². The summed E-state index contributed by atoms with van der Waals surface area (Å²) >= 11 is 12.0. The van der Waals surface area contributed by atoms with Crippen LogP contribution in [0.4, 0.5) is 4.39 Å². The van der Waals surface area contributed by atoms with Gasteiger partial charge in [0.05, 0.1) is 11.6 Å². The topological polar surface area (TPSA) is 32.3 Å². The lowest BCUT2D eigenvalue weighted by Gasteiger charge is -2.26. The van der Waals surface area contributed by atoms with Crippen molar-refractivity contribution in [2.45, 2.75) is 6.04 Å². The average Bonchev–Trinajstić information content (AvgIpc) is 2.51. The Morgan fingerprint density at radius 2 is 1.91 bits per heavy atom. The van der Waals surface area contributed by atoms with E-state index in [1.807, 2.05) is 37.2 Å². The largest absolute Gasteiger partial charge is 0.350 e. The number of nitrogens with one attached hydrogen (secondary N) is 1. The Hall–Kier alpha value is -1.62. The van der Waals surface area contributed by atoms with Crippen molar-refractivity contribution < 1.29 is 9.18 Å². The van der Waals surface area contributed by atoms with Crippen molar-refractivity contribution in [3.8, 4) is 0 Å². The molecule has 0 heterocycles. The number of hydrogen-bond acceptors (Lipinski definition) is 2. The molecule has 2 rings (SSSR count). The second-order valence-electron chi connectivity index (χ2n) is 5.34. The monoisotopic (exact) mass is 354 g/mol. The number of halogens is 3. The van der Waals surface area contributed by atoms with Crippen LogP contribution in [0.15, 0.2) is 42.5 Å². The van der Waals surface area contributed by atoms with Crippen molar-refractivity contribution in [3.63, 3.8) is 0 Å². The number of carbonyl (C=O) groups is 1. The van der Waals surface area contributed by atoms with Crippen LogP contribution in [0.2, 0.25) is 10.0 Å². The summed E-state index contributed by atoms with van der Waals surface area (Å²) in [7, 11) is 3.78. The van der Waals surface area contributed by atoms with E-state index in [2.05, 4.69) is 5.32 Å². The van der Waals surface area contributed by atoms with E-state index in [1.54, 1.807) is 6.07 Å². The number of benzene rings is 2. The summed E-state index contributed by atoms with van der Waals surface area (Å²) in [6, 6.07) is 11.2. The van der Waals surface area contributed by atoms with E-state index >= 15 is 0 Å². The van der Waals surface area contributed by atoms with Crippen molar-refractivity contribution in [1.82, 2.24) is 10.2 Å². The minimum absolute atomic E-state index is 0.0748. The molecule has 1 atom stereocenters. The molecule has 1 amide bonds. The highest BCUT2D eigenvalue weighted by Gasteiger charge is 2.19. The lowest BCUT2D eigenvalue weighted by Crippen LogP contribution is -2.35. The molecule has 23 heavy (non-hydrogen) atoms. The van der Waals surface area contributed by atoms with Gasteiger partial charge in [-0.1, -0.05) is 41.4 Å². The van der Waals surface area contributed by atoms with Gasteiger partial charge in [-0.3, -0.25) is 4.79 Å². The lowest BCUT2D eigenvalue weighted by molar-refractivity contribution is 0.0938. The van der Waals surface area contributed by atoms with Gasteiger partial charge in [-0.05, 0) is 43.9 Å². The van der Waals surface area contributed by atoms with Gasteiger partial charge in [0.2, 0.25) is 0 Å². The summed E-state index contributed by atoms with van der Waals surface area (Å²) in [4.78, 5) is 14.1. The number of hydrogen-bond donors (Lipinski definition) is 1. The van der Waals surface area contributed by atoms with Crippen LogP contribution < -0.4 is 5.32 Å². The van der Waals surface area contributed by atoms with E-state index in [0.29, 0.717) is 16.6 Å². The first-order valence-corrected chi connectivity index (χ1v) is 7.80. The summed E-state index contributed by atoms with van der Waals surface area (Å²) in [5.41, 5.74) is 0.820. The molecule has 122 valence electrons. The first-order valence-electron chi connectivity index (χ1n) is 7.04. The summed E-state index contributed by atoms with van der Waals surface area (Å²) in [6.45, 7) is 0.293. The van der Waals surface area contributed by atoms with Crippen molar-refractivity contribution in [1.29, 1.82) is 0 Å². The van der Waals surface area contributed by atoms with Crippen LogP contribution in [-0.4, -0.2) is 31.4 Å². The Morgan fingerprint density at radius 1 is 1.22 bits per heavy atom. The van der Waals surface area contributed by atoms with Gasteiger partial charge in [0.25, 0.3) is 5.91 Å². The third-order valence-corrected chi connectivity index (χ3v) is 4.10. The predicted octanol–water partition coefficient (Wildman–Crippen LogP) is 4.17. The fourth-order valence-electron chi connectivity index (χ4n) is 2.27. The zero-order valence-electron chi connectivity index (χ0n) is 12.8. The first-order chi connectivity index (χ1) is 10.9. The van der Waals surface area contributed by atoms with Crippen LogP contribution in [0.25, 0.3) is 0 Å². The third-order valence-electron chi connectivity index (χ3n) is 3.52. The fraction of sp³-hybridized carbons (Fsp3) is 0.235. The molecule has 2 aromatic carbocycles. The molecule has 0 saturated carbocycles. The van der Waals surface area contributed by atoms with E-state index in [0.717, 1.165) is 5.56 Å². The molecule has 0 aliphatic rings. The normalized spacial score (nSPS) is 12.3. The molecule has 0 aromatic heterocycles. The predicted molar refractivity (Wildman–Crippen MR) is 91.6 cm³/mol. The van der Waals surface area contributed by atoms with Gasteiger partial charge >= 0.3 is 0 Å². The Morgan fingerprint density at radius 3 is 2.57 bits per heavy atom. The molecule has 3 nitrogen and oxygen atoms in total. The maximum Gasteiger partial charge on any atom is 0.254 e. The summed E-state index contributed by atoms with van der Waals surface area (Å²) in [5.74, 6) is -1.12. The van der Waals surface area contributed by atoms with Crippen LogP contribution >= 0.6 is 23.2 Å². The first kappa shape index (κ1) is 17.7. The maximum absolute atomic E-state index is 13.7. The second-order valence-corrected chi connectivity index (χ2v) is 6.18. The van der Waals surface area contributed by atoms with Crippen LogP contribution in [-0.2, 0) is 0 Å². The highest BCUT2D eigenvalue weighted by molar-refractivity contribution is 6.31. The van der Waals surface area contributed by atoms with Crippen LogP contribution in [0.1, 0.15) is 22.0 Å². The van der Waals surface area contributed by atoms with Crippen molar-refractivity contribution in [2.75, 3.05) is 20.6 Å². The number of likely N-dealkylation sites (N-methyl/N-ethyl adjacent to an activating group) is 1. The molecule has 0 radical (unpaired) electrons. The molecule has 0 unspecified atom stereocenters. The fourth-order valence-corrected chi connectivity index (χ4v) is 2.71. The van der Waals surface area contributed by atoms with E-state index in [4.69, 9.17) is 23.2 Å². The minimum atomic E-state index is -0.606. The Labute approximate surface area is 145 Å². The molecule has 0 fully saturated rings. The number of rotatable bonds is 5. The number of carbonyl (C=O) groups excluding carboxylic acids is 1. The molecule has 1 N–H and O–H groups in total. The van der Waals surface area contributed by atoms with Gasteiger partial charge in [0.1, 0.15) is 5.82 Å². The highest BCUT2D eigenvalue weighted by atomic mass is 35.5. The average molecular weight is 355 g/mol. The van der Waals surface area contributed by atoms with Crippen LogP contribution in [0, 0.1) is 5.82 Å². The van der Waals surface area contributed by atoms with Gasteiger partial charge < -0.3 is 10.2 Å². The standard InChI is InChI=1S/C17H17Cl2FN2O/c1-22(2)16(12-5-3-4-6-14(12)19)10-21-17(23)13-9-11(18)7-8-15(13)20/h3-9,16H,10H2,1-2H3,(H,21,23)/t16-/m0/s1. The summed E-state index contributed by atoms with van der Waals surface area (Å²) in [5, 5.41) is 3.67. The Bertz CT molecular complexity index is 707. The third kappa shape index (κ3) is 4.44. The number of nitrogens with zero attached hydrogens (tertiary/aromatic N) is 1. The zero-order chi connectivity index (χ0) is 17.0. The molecular weight excluding hydrogens is 338 g/mol. The van der Waals surface area contributed by atoms with Crippen LogP contribution in [0.3, 0.4) is 0 Å².